The summed E-state index contributed by atoms with van der Waals surface area (Å²) in [6, 6.07) is 18.5. The van der Waals surface area contributed by atoms with Gasteiger partial charge in [0.1, 0.15) is 11.5 Å². The number of rotatable bonds is 5. The maximum Gasteiger partial charge on any atom is 0.410 e. The third-order valence-electron chi connectivity index (χ3n) is 5.65. The van der Waals surface area contributed by atoms with Gasteiger partial charge in [0, 0.05) is 23.0 Å². The number of halogens is 1. The first kappa shape index (κ1) is 22.0. The number of fused-ring (bicyclic) bond motifs is 1. The summed E-state index contributed by atoms with van der Waals surface area (Å²) in [5, 5.41) is 10.4. The van der Waals surface area contributed by atoms with Gasteiger partial charge < -0.3 is 24.2 Å². The van der Waals surface area contributed by atoms with Crippen molar-refractivity contribution in [3.63, 3.8) is 0 Å². The lowest BCUT2D eigenvalue weighted by atomic mass is 9.88. The lowest BCUT2D eigenvalue weighted by Gasteiger charge is -2.37. The fourth-order valence-electron chi connectivity index (χ4n) is 4.08. The van der Waals surface area contributed by atoms with E-state index in [1.807, 2.05) is 54.6 Å². The van der Waals surface area contributed by atoms with Gasteiger partial charge in [-0.25, -0.2) is 4.79 Å². The Morgan fingerprint density at radius 2 is 1.88 bits per heavy atom. The standard InChI is InChI=1S/C25H24BrNO5/c1-30-24-13-16-11-12-27(25(29)31-2)21(18(16)15-22(24)28)14-19-20(26)9-6-10-23(19)32-17-7-4-3-5-8-17/h3-10,13,15,21,28H,11-12,14H2,1-2H3. The van der Waals surface area contributed by atoms with Crippen molar-refractivity contribution in [1.82, 2.24) is 4.90 Å². The van der Waals surface area contributed by atoms with Gasteiger partial charge in [0.2, 0.25) is 0 Å². The minimum atomic E-state index is -0.409. The largest absolute Gasteiger partial charge is 0.504 e. The highest BCUT2D eigenvalue weighted by atomic mass is 79.9. The number of phenols is 1. The van der Waals surface area contributed by atoms with E-state index in [1.54, 1.807) is 11.0 Å². The second-order valence-corrected chi connectivity index (χ2v) is 8.34. The predicted molar refractivity (Wildman–Crippen MR) is 125 cm³/mol. The number of aromatic hydroxyl groups is 1. The Morgan fingerprint density at radius 1 is 1.09 bits per heavy atom. The van der Waals surface area contributed by atoms with E-state index in [1.165, 1.54) is 14.2 Å². The van der Waals surface area contributed by atoms with E-state index in [4.69, 9.17) is 14.2 Å². The van der Waals surface area contributed by atoms with Gasteiger partial charge in [0.05, 0.1) is 20.3 Å². The normalized spacial score (nSPS) is 15.1. The van der Waals surface area contributed by atoms with E-state index in [0.717, 1.165) is 26.9 Å². The molecular formula is C25H24BrNO5. The van der Waals surface area contributed by atoms with Gasteiger partial charge in [-0.05, 0) is 53.9 Å². The molecule has 7 heteroatoms. The van der Waals surface area contributed by atoms with Gasteiger partial charge in [-0.2, -0.15) is 0 Å². The number of carbonyl (C=O) groups excluding carboxylic acids is 1. The van der Waals surface area contributed by atoms with Crippen LogP contribution in [0.4, 0.5) is 4.79 Å². The number of carbonyl (C=O) groups is 1. The molecule has 0 fully saturated rings. The molecular weight excluding hydrogens is 474 g/mol. The van der Waals surface area contributed by atoms with Crippen LogP contribution in [0.2, 0.25) is 0 Å². The molecule has 0 bridgehead atoms. The summed E-state index contributed by atoms with van der Waals surface area (Å²) in [4.78, 5) is 14.3. The Labute approximate surface area is 195 Å². The number of hydrogen-bond acceptors (Lipinski definition) is 5. The average molecular weight is 498 g/mol. The SMILES string of the molecule is COC(=O)N1CCc2cc(OC)c(O)cc2C1Cc1c(Br)cccc1Oc1ccccc1. The van der Waals surface area contributed by atoms with E-state index in [9.17, 15) is 9.90 Å². The lowest BCUT2D eigenvalue weighted by Crippen LogP contribution is -2.41. The van der Waals surface area contributed by atoms with Crippen LogP contribution in [-0.4, -0.2) is 36.9 Å². The maximum absolute atomic E-state index is 12.6. The Morgan fingerprint density at radius 3 is 2.59 bits per heavy atom. The topological polar surface area (TPSA) is 68.2 Å². The van der Waals surface area contributed by atoms with Crippen molar-refractivity contribution < 1.29 is 24.1 Å². The molecule has 0 saturated heterocycles. The Balaban J connectivity index is 1.76. The summed E-state index contributed by atoms with van der Waals surface area (Å²) in [5.41, 5.74) is 2.81. The summed E-state index contributed by atoms with van der Waals surface area (Å²) in [5.74, 6) is 1.88. The minimum absolute atomic E-state index is 0.0378. The summed E-state index contributed by atoms with van der Waals surface area (Å²) < 4.78 is 17.4. The quantitative estimate of drug-likeness (QED) is 0.477. The van der Waals surface area contributed by atoms with Crippen LogP contribution in [0, 0.1) is 0 Å². The summed E-state index contributed by atoms with van der Waals surface area (Å²) in [7, 11) is 2.90. The van der Waals surface area contributed by atoms with E-state index in [-0.39, 0.29) is 11.8 Å². The van der Waals surface area contributed by atoms with Gasteiger partial charge in [-0.1, -0.05) is 40.2 Å². The molecule has 32 heavy (non-hydrogen) atoms. The molecule has 0 saturated carbocycles. The van der Waals surface area contributed by atoms with E-state index in [0.29, 0.717) is 30.9 Å². The molecule has 0 radical (unpaired) electrons. The zero-order chi connectivity index (χ0) is 22.7. The van der Waals surface area contributed by atoms with Crippen molar-refractivity contribution in [1.29, 1.82) is 0 Å². The molecule has 0 aromatic heterocycles. The molecule has 1 heterocycles. The van der Waals surface area contributed by atoms with E-state index >= 15 is 0 Å². The first-order valence-corrected chi connectivity index (χ1v) is 11.1. The summed E-state index contributed by atoms with van der Waals surface area (Å²) in [6.45, 7) is 0.498. The van der Waals surface area contributed by atoms with E-state index in [2.05, 4.69) is 15.9 Å². The van der Waals surface area contributed by atoms with Crippen LogP contribution in [0.1, 0.15) is 22.7 Å². The molecule has 0 aliphatic carbocycles. The van der Waals surface area contributed by atoms with Crippen molar-refractivity contribution in [2.45, 2.75) is 18.9 Å². The number of hydrogen-bond donors (Lipinski definition) is 1. The number of ether oxygens (including phenoxy) is 3. The third kappa shape index (κ3) is 4.39. The van der Waals surface area contributed by atoms with Crippen LogP contribution in [-0.2, 0) is 17.6 Å². The van der Waals surface area contributed by atoms with Gasteiger partial charge in [-0.15, -0.1) is 0 Å². The fraction of sp³-hybridized carbons (Fsp3) is 0.240. The van der Waals surface area contributed by atoms with Crippen LogP contribution < -0.4 is 9.47 Å². The maximum atomic E-state index is 12.6. The van der Waals surface area contributed by atoms with Crippen molar-refractivity contribution in [2.24, 2.45) is 0 Å². The minimum Gasteiger partial charge on any atom is -0.504 e. The van der Waals surface area contributed by atoms with Gasteiger partial charge in [-0.3, -0.25) is 0 Å². The van der Waals surface area contributed by atoms with Crippen molar-refractivity contribution in [3.8, 4) is 23.0 Å². The number of nitrogens with zero attached hydrogens (tertiary/aromatic N) is 1. The van der Waals surface area contributed by atoms with Crippen LogP contribution in [0.3, 0.4) is 0 Å². The fourth-order valence-corrected chi connectivity index (χ4v) is 4.59. The smallest absolute Gasteiger partial charge is 0.410 e. The molecule has 1 atom stereocenters. The van der Waals surface area contributed by atoms with Gasteiger partial charge >= 0.3 is 6.09 Å². The third-order valence-corrected chi connectivity index (χ3v) is 6.39. The number of methoxy groups -OCH3 is 2. The molecule has 3 aromatic carbocycles. The molecule has 4 rings (SSSR count). The highest BCUT2D eigenvalue weighted by Gasteiger charge is 2.34. The van der Waals surface area contributed by atoms with Crippen molar-refractivity contribution in [2.75, 3.05) is 20.8 Å². The van der Waals surface area contributed by atoms with Crippen molar-refractivity contribution in [3.05, 3.63) is 81.8 Å². The highest BCUT2D eigenvalue weighted by Crippen LogP contribution is 2.42. The van der Waals surface area contributed by atoms with E-state index < -0.39 is 6.09 Å². The van der Waals surface area contributed by atoms with Crippen molar-refractivity contribution >= 4 is 22.0 Å². The molecule has 0 spiro atoms. The van der Waals surface area contributed by atoms with Crippen LogP contribution >= 0.6 is 15.9 Å². The molecule has 1 aliphatic rings. The highest BCUT2D eigenvalue weighted by molar-refractivity contribution is 9.10. The number of amides is 1. The molecule has 166 valence electrons. The molecule has 3 aromatic rings. The monoisotopic (exact) mass is 497 g/mol. The molecule has 6 nitrogen and oxygen atoms in total. The first-order chi connectivity index (χ1) is 15.5. The predicted octanol–water partition coefficient (Wildman–Crippen LogP) is 5.86. The summed E-state index contributed by atoms with van der Waals surface area (Å²) in [6.07, 6.45) is 0.701. The molecule has 1 amide bonds. The Bertz CT molecular complexity index is 1120. The second-order valence-electron chi connectivity index (χ2n) is 7.49. The van der Waals surface area contributed by atoms with Gasteiger partial charge in [0.25, 0.3) is 0 Å². The molecule has 1 N–H and O–H groups in total. The van der Waals surface area contributed by atoms with Crippen LogP contribution in [0.15, 0.2) is 65.1 Å². The summed E-state index contributed by atoms with van der Waals surface area (Å²) >= 11 is 3.65. The Hall–Kier alpha value is -3.19. The lowest BCUT2D eigenvalue weighted by molar-refractivity contribution is 0.100. The zero-order valence-corrected chi connectivity index (χ0v) is 19.5. The first-order valence-electron chi connectivity index (χ1n) is 10.3. The zero-order valence-electron chi connectivity index (χ0n) is 17.9. The average Bonchev–Trinajstić information content (AvgIpc) is 2.81. The molecule has 1 unspecified atom stereocenters. The Kier molecular flexibility index (Phi) is 6.55. The van der Waals surface area contributed by atoms with Gasteiger partial charge in [0.15, 0.2) is 11.5 Å². The number of para-hydroxylation sites is 1. The number of phenolic OH excluding ortho intramolecular Hbond substituents is 1. The molecule has 1 aliphatic heterocycles. The van der Waals surface area contributed by atoms with Crippen LogP contribution in [0.25, 0.3) is 0 Å². The number of benzene rings is 3. The second kappa shape index (κ2) is 9.53. The van der Waals surface area contributed by atoms with Crippen LogP contribution in [0.5, 0.6) is 23.0 Å².